The van der Waals surface area contributed by atoms with Crippen LogP contribution < -0.4 is 10.6 Å². The van der Waals surface area contributed by atoms with E-state index in [0.29, 0.717) is 17.3 Å². The SMILES string of the molecule is CC(C)c1cc(C(=O)OCc2nc(N)nc(N(C)C)n2)c2ccccc2n1. The van der Waals surface area contributed by atoms with Crippen molar-refractivity contribution in [3.8, 4) is 0 Å². The van der Waals surface area contributed by atoms with E-state index in [1.165, 1.54) is 0 Å². The van der Waals surface area contributed by atoms with Crippen molar-refractivity contribution in [3.63, 3.8) is 0 Å². The van der Waals surface area contributed by atoms with Crippen molar-refractivity contribution in [1.82, 2.24) is 19.9 Å². The smallest absolute Gasteiger partial charge is 0.339 e. The molecule has 0 saturated carbocycles. The predicted molar refractivity (Wildman–Crippen MR) is 104 cm³/mol. The Hall–Kier alpha value is -3.29. The van der Waals surface area contributed by atoms with Gasteiger partial charge < -0.3 is 15.4 Å². The molecule has 3 rings (SSSR count). The number of aromatic nitrogens is 4. The van der Waals surface area contributed by atoms with Crippen LogP contribution in [0.25, 0.3) is 10.9 Å². The van der Waals surface area contributed by atoms with Crippen molar-refractivity contribution >= 4 is 28.8 Å². The van der Waals surface area contributed by atoms with Gasteiger partial charge >= 0.3 is 5.97 Å². The van der Waals surface area contributed by atoms with Crippen LogP contribution in [0.1, 0.15) is 41.6 Å². The Bertz CT molecular complexity index is 987. The van der Waals surface area contributed by atoms with Gasteiger partial charge in [0, 0.05) is 25.2 Å². The van der Waals surface area contributed by atoms with Gasteiger partial charge in [-0.05, 0) is 18.1 Å². The van der Waals surface area contributed by atoms with Gasteiger partial charge in [-0.3, -0.25) is 4.98 Å². The third kappa shape index (κ3) is 4.11. The minimum absolute atomic E-state index is 0.0798. The normalized spacial score (nSPS) is 11.0. The zero-order chi connectivity index (χ0) is 19.6. The number of anilines is 2. The molecule has 0 aliphatic rings. The van der Waals surface area contributed by atoms with Crippen LogP contribution in [0, 0.1) is 0 Å². The second kappa shape index (κ2) is 7.53. The molecule has 2 N–H and O–H groups in total. The topological polar surface area (TPSA) is 107 Å². The van der Waals surface area contributed by atoms with Gasteiger partial charge in [0.25, 0.3) is 0 Å². The van der Waals surface area contributed by atoms with Gasteiger partial charge in [0.2, 0.25) is 11.9 Å². The molecule has 8 nitrogen and oxygen atoms in total. The molecule has 1 aromatic carbocycles. The summed E-state index contributed by atoms with van der Waals surface area (Å²) in [6.45, 7) is 3.96. The minimum atomic E-state index is -0.458. The first-order valence-corrected chi connectivity index (χ1v) is 8.59. The number of esters is 1. The number of hydrogen-bond donors (Lipinski definition) is 1. The van der Waals surface area contributed by atoms with Gasteiger partial charge in [-0.15, -0.1) is 0 Å². The van der Waals surface area contributed by atoms with E-state index in [9.17, 15) is 4.79 Å². The van der Waals surface area contributed by atoms with E-state index in [1.54, 1.807) is 25.1 Å². The largest absolute Gasteiger partial charge is 0.454 e. The molecule has 140 valence electrons. The van der Waals surface area contributed by atoms with Crippen molar-refractivity contribution < 1.29 is 9.53 Å². The number of nitrogens with two attached hydrogens (primary N) is 1. The molecule has 0 aliphatic heterocycles. The summed E-state index contributed by atoms with van der Waals surface area (Å²) in [7, 11) is 3.59. The van der Waals surface area contributed by atoms with Crippen molar-refractivity contribution in [1.29, 1.82) is 0 Å². The molecule has 0 fully saturated rings. The van der Waals surface area contributed by atoms with E-state index >= 15 is 0 Å². The molecule has 0 radical (unpaired) electrons. The van der Waals surface area contributed by atoms with Gasteiger partial charge in [-0.1, -0.05) is 32.0 Å². The highest BCUT2D eigenvalue weighted by Crippen LogP contribution is 2.23. The van der Waals surface area contributed by atoms with Crippen molar-refractivity contribution in [3.05, 3.63) is 47.4 Å². The summed E-state index contributed by atoms with van der Waals surface area (Å²) in [5, 5.41) is 0.746. The van der Waals surface area contributed by atoms with Gasteiger partial charge in [0.05, 0.1) is 11.1 Å². The molecule has 2 heterocycles. The molecule has 8 heteroatoms. The molecule has 0 unspecified atom stereocenters. The highest BCUT2D eigenvalue weighted by Gasteiger charge is 2.17. The lowest BCUT2D eigenvalue weighted by atomic mass is 10.0. The lowest BCUT2D eigenvalue weighted by Gasteiger charge is -2.13. The Kier molecular flexibility index (Phi) is 5.16. The van der Waals surface area contributed by atoms with E-state index in [2.05, 4.69) is 19.9 Å². The number of fused-ring (bicyclic) bond motifs is 1. The number of hydrogen-bond acceptors (Lipinski definition) is 8. The quantitative estimate of drug-likeness (QED) is 0.687. The number of rotatable bonds is 5. The van der Waals surface area contributed by atoms with E-state index in [4.69, 9.17) is 10.5 Å². The molecular formula is C19H22N6O2. The minimum Gasteiger partial charge on any atom is -0.454 e. The molecule has 0 aliphatic carbocycles. The highest BCUT2D eigenvalue weighted by molar-refractivity contribution is 6.03. The average molecular weight is 366 g/mol. The van der Waals surface area contributed by atoms with Crippen LogP contribution in [-0.4, -0.2) is 40.0 Å². The molecule has 2 aromatic heterocycles. The molecular weight excluding hydrogens is 344 g/mol. The maximum atomic E-state index is 12.7. The Morgan fingerprint density at radius 2 is 1.89 bits per heavy atom. The number of para-hydroxylation sites is 1. The second-order valence-corrected chi connectivity index (χ2v) is 6.65. The van der Waals surface area contributed by atoms with Gasteiger partial charge in [0.15, 0.2) is 12.4 Å². The summed E-state index contributed by atoms with van der Waals surface area (Å²) in [6, 6.07) is 9.28. The number of nitrogen functional groups attached to an aromatic ring is 1. The van der Waals surface area contributed by atoms with Crippen LogP contribution in [-0.2, 0) is 11.3 Å². The third-order valence-electron chi connectivity index (χ3n) is 3.97. The number of nitrogens with zero attached hydrogens (tertiary/aromatic N) is 5. The lowest BCUT2D eigenvalue weighted by molar-refractivity contribution is 0.0464. The van der Waals surface area contributed by atoms with Crippen LogP contribution in [0.2, 0.25) is 0 Å². The molecule has 0 spiro atoms. The fourth-order valence-electron chi connectivity index (χ4n) is 2.56. The first-order chi connectivity index (χ1) is 12.8. The third-order valence-corrected chi connectivity index (χ3v) is 3.97. The maximum Gasteiger partial charge on any atom is 0.339 e. The van der Waals surface area contributed by atoms with Crippen LogP contribution >= 0.6 is 0 Å². The van der Waals surface area contributed by atoms with E-state index in [0.717, 1.165) is 16.6 Å². The van der Waals surface area contributed by atoms with Gasteiger partial charge in [-0.25, -0.2) is 4.79 Å². The number of ether oxygens (including phenoxy) is 1. The molecule has 0 atom stereocenters. The predicted octanol–water partition coefficient (Wildman–Crippen LogP) is 2.55. The molecule has 27 heavy (non-hydrogen) atoms. The first-order valence-electron chi connectivity index (χ1n) is 8.59. The molecule has 0 amide bonds. The second-order valence-electron chi connectivity index (χ2n) is 6.65. The van der Waals surface area contributed by atoms with E-state index < -0.39 is 5.97 Å². The first kappa shape index (κ1) is 18.5. The summed E-state index contributed by atoms with van der Waals surface area (Å²) in [4.78, 5) is 31.4. The molecule has 3 aromatic rings. The van der Waals surface area contributed by atoms with Crippen molar-refractivity contribution in [2.75, 3.05) is 24.7 Å². The van der Waals surface area contributed by atoms with Crippen molar-refractivity contribution in [2.24, 2.45) is 0 Å². The Balaban J connectivity index is 1.89. The summed E-state index contributed by atoms with van der Waals surface area (Å²) >= 11 is 0. The summed E-state index contributed by atoms with van der Waals surface area (Å²) in [5.41, 5.74) is 7.77. The summed E-state index contributed by atoms with van der Waals surface area (Å²) in [6.07, 6.45) is 0. The van der Waals surface area contributed by atoms with Gasteiger partial charge in [-0.2, -0.15) is 15.0 Å². The fraction of sp³-hybridized carbons (Fsp3) is 0.316. The summed E-state index contributed by atoms with van der Waals surface area (Å²) in [5.74, 6) is 0.510. The summed E-state index contributed by atoms with van der Waals surface area (Å²) < 4.78 is 5.45. The Morgan fingerprint density at radius 3 is 2.59 bits per heavy atom. The number of pyridine rings is 1. The Labute approximate surface area is 157 Å². The van der Waals surface area contributed by atoms with Crippen LogP contribution in [0.5, 0.6) is 0 Å². The molecule has 0 bridgehead atoms. The Morgan fingerprint density at radius 1 is 1.15 bits per heavy atom. The monoisotopic (exact) mass is 366 g/mol. The van der Waals surface area contributed by atoms with E-state index in [-0.39, 0.29) is 18.5 Å². The van der Waals surface area contributed by atoms with Crippen LogP contribution in [0.4, 0.5) is 11.9 Å². The van der Waals surface area contributed by atoms with Crippen LogP contribution in [0.3, 0.4) is 0 Å². The number of benzene rings is 1. The average Bonchev–Trinajstić information content (AvgIpc) is 2.64. The van der Waals surface area contributed by atoms with Crippen molar-refractivity contribution in [2.45, 2.75) is 26.4 Å². The van der Waals surface area contributed by atoms with Gasteiger partial charge in [0.1, 0.15) is 0 Å². The molecule has 0 saturated heterocycles. The zero-order valence-electron chi connectivity index (χ0n) is 15.8. The zero-order valence-corrected chi connectivity index (χ0v) is 15.8. The maximum absolute atomic E-state index is 12.7. The van der Waals surface area contributed by atoms with E-state index in [1.807, 2.05) is 38.1 Å². The number of carbonyl (C=O) groups is 1. The van der Waals surface area contributed by atoms with Crippen LogP contribution in [0.15, 0.2) is 30.3 Å². The fourth-order valence-corrected chi connectivity index (χ4v) is 2.56. The standard InChI is InChI=1S/C19H22N6O2/c1-11(2)15-9-13(12-7-5-6-8-14(12)21-15)17(26)27-10-16-22-18(20)24-19(23-16)25(3)4/h5-9,11H,10H2,1-4H3,(H2,20,22,23,24). The number of carbonyl (C=O) groups excluding carboxylic acids is 1. The highest BCUT2D eigenvalue weighted by atomic mass is 16.5. The lowest BCUT2D eigenvalue weighted by Crippen LogP contribution is -2.17.